The largest absolute Gasteiger partial charge is 0.478 e. The molecule has 0 atom stereocenters. The van der Waals surface area contributed by atoms with Gasteiger partial charge in [-0.1, -0.05) is 48.5 Å². The fourth-order valence-electron chi connectivity index (χ4n) is 3.72. The van der Waals surface area contributed by atoms with E-state index in [2.05, 4.69) is 37.7 Å². The molecule has 0 saturated carbocycles. The maximum absolute atomic E-state index is 11.2. The molecule has 8 heteroatoms. The number of imidazole rings is 1. The summed E-state index contributed by atoms with van der Waals surface area (Å²) < 4.78 is 1.93. The van der Waals surface area contributed by atoms with E-state index in [-0.39, 0.29) is 5.56 Å². The highest BCUT2D eigenvalue weighted by molar-refractivity contribution is 5.88. The molecule has 0 spiro atoms. The van der Waals surface area contributed by atoms with Gasteiger partial charge >= 0.3 is 5.97 Å². The van der Waals surface area contributed by atoms with Gasteiger partial charge in [-0.05, 0) is 41.5 Å². The molecule has 5 rings (SSSR count). The third-order valence-electron chi connectivity index (χ3n) is 5.43. The number of carboxylic acid groups (broad SMARTS) is 1. The van der Waals surface area contributed by atoms with Crippen molar-refractivity contribution < 1.29 is 9.90 Å². The summed E-state index contributed by atoms with van der Waals surface area (Å²) in [7, 11) is 0. The second-order valence-corrected chi connectivity index (χ2v) is 7.76. The van der Waals surface area contributed by atoms with Crippen LogP contribution in [0.1, 0.15) is 21.5 Å². The topological polar surface area (TPSA) is 105 Å². The van der Waals surface area contributed by atoms with Crippen LogP contribution in [-0.2, 0) is 13.1 Å². The number of benzene rings is 3. The van der Waals surface area contributed by atoms with Crippen LogP contribution < -0.4 is 10.6 Å². The van der Waals surface area contributed by atoms with Crippen molar-refractivity contribution in [2.75, 3.05) is 10.6 Å². The Morgan fingerprint density at radius 2 is 1.62 bits per heavy atom. The lowest BCUT2D eigenvalue weighted by Gasteiger charge is -2.10. The molecule has 0 amide bonds. The molecule has 3 aromatic carbocycles. The predicted octanol–water partition coefficient (Wildman–Crippen LogP) is 4.74. The minimum atomic E-state index is -0.947. The van der Waals surface area contributed by atoms with Gasteiger partial charge in [-0.25, -0.2) is 19.7 Å². The molecule has 0 bridgehead atoms. The molecule has 0 aliphatic carbocycles. The first-order valence-electron chi connectivity index (χ1n) is 10.8. The molecule has 0 unspecified atom stereocenters. The zero-order chi connectivity index (χ0) is 23.3. The molecule has 0 aliphatic rings. The summed E-state index contributed by atoms with van der Waals surface area (Å²) >= 11 is 0. The molecule has 34 heavy (non-hydrogen) atoms. The Morgan fingerprint density at radius 1 is 0.824 bits per heavy atom. The van der Waals surface area contributed by atoms with Crippen LogP contribution in [0.25, 0.3) is 16.9 Å². The molecule has 3 N–H and O–H groups in total. The van der Waals surface area contributed by atoms with Crippen LogP contribution in [0.15, 0.2) is 91.5 Å². The highest BCUT2D eigenvalue weighted by atomic mass is 16.4. The zero-order valence-corrected chi connectivity index (χ0v) is 18.2. The minimum Gasteiger partial charge on any atom is -0.478 e. The van der Waals surface area contributed by atoms with E-state index in [1.54, 1.807) is 24.5 Å². The van der Waals surface area contributed by atoms with Gasteiger partial charge in [-0.2, -0.15) is 0 Å². The first-order chi connectivity index (χ1) is 16.7. The molecule has 5 aromatic rings. The lowest BCUT2D eigenvalue weighted by molar-refractivity contribution is 0.0697. The Bertz CT molecular complexity index is 1450. The van der Waals surface area contributed by atoms with Crippen molar-refractivity contribution in [1.29, 1.82) is 0 Å². The molecule has 0 aliphatic heterocycles. The molecule has 2 aromatic heterocycles. The van der Waals surface area contributed by atoms with Crippen molar-refractivity contribution in [1.82, 2.24) is 19.5 Å². The third-order valence-corrected chi connectivity index (χ3v) is 5.43. The Morgan fingerprint density at radius 3 is 2.47 bits per heavy atom. The number of rotatable bonds is 8. The second kappa shape index (κ2) is 9.41. The molecule has 0 fully saturated rings. The smallest absolute Gasteiger partial charge is 0.335 e. The summed E-state index contributed by atoms with van der Waals surface area (Å²) in [5.41, 5.74) is 5.53. The predicted molar refractivity (Wildman–Crippen MR) is 131 cm³/mol. The highest BCUT2D eigenvalue weighted by Crippen LogP contribution is 2.22. The summed E-state index contributed by atoms with van der Waals surface area (Å²) in [6.45, 7) is 1.19. The van der Waals surface area contributed by atoms with Crippen LogP contribution in [0.2, 0.25) is 0 Å². The Balaban J connectivity index is 1.35. The van der Waals surface area contributed by atoms with E-state index in [9.17, 15) is 9.90 Å². The Kier molecular flexibility index (Phi) is 5.85. The molecule has 8 nitrogen and oxygen atoms in total. The molecule has 2 heterocycles. The normalized spacial score (nSPS) is 10.8. The number of carbonyl (C=O) groups is 1. The number of nitrogens with zero attached hydrogens (tertiary/aromatic N) is 4. The van der Waals surface area contributed by atoms with E-state index < -0.39 is 5.97 Å². The first kappa shape index (κ1) is 21.1. The quantitative estimate of drug-likeness (QED) is 0.314. The maximum atomic E-state index is 11.2. The van der Waals surface area contributed by atoms with Gasteiger partial charge in [0, 0.05) is 24.5 Å². The van der Waals surface area contributed by atoms with Gasteiger partial charge in [0.05, 0.1) is 5.56 Å². The maximum Gasteiger partial charge on any atom is 0.335 e. The van der Waals surface area contributed by atoms with Crippen LogP contribution >= 0.6 is 0 Å². The molecular formula is C26H22N6O2. The summed E-state index contributed by atoms with van der Waals surface area (Å²) in [5.74, 6) is -0.263. The van der Waals surface area contributed by atoms with Crippen LogP contribution in [0.3, 0.4) is 0 Å². The Hall–Kier alpha value is -4.72. The molecule has 0 radical (unpaired) electrons. The second-order valence-electron chi connectivity index (χ2n) is 7.76. The third kappa shape index (κ3) is 4.56. The van der Waals surface area contributed by atoms with E-state index in [1.807, 2.05) is 53.1 Å². The summed E-state index contributed by atoms with van der Waals surface area (Å²) in [6.07, 6.45) is 3.28. The Labute approximate surface area is 196 Å². The van der Waals surface area contributed by atoms with Crippen LogP contribution in [0.5, 0.6) is 0 Å². The van der Waals surface area contributed by atoms with Crippen LogP contribution in [0, 0.1) is 0 Å². The number of nitrogens with one attached hydrogen (secondary N) is 2. The van der Waals surface area contributed by atoms with Crippen molar-refractivity contribution >= 4 is 28.6 Å². The lowest BCUT2D eigenvalue weighted by atomic mass is 10.1. The van der Waals surface area contributed by atoms with Crippen LogP contribution in [-0.4, -0.2) is 30.6 Å². The number of hydrogen-bond donors (Lipinski definition) is 3. The monoisotopic (exact) mass is 450 g/mol. The van der Waals surface area contributed by atoms with E-state index >= 15 is 0 Å². The van der Waals surface area contributed by atoms with Gasteiger partial charge in [0.2, 0.25) is 0 Å². The number of aromatic carboxylic acids is 1. The number of hydrogen-bond acceptors (Lipinski definition) is 6. The summed E-state index contributed by atoms with van der Waals surface area (Å²) in [6, 6.07) is 24.9. The van der Waals surface area contributed by atoms with Crippen molar-refractivity contribution in [2.45, 2.75) is 13.1 Å². The first-order valence-corrected chi connectivity index (χ1v) is 10.8. The van der Waals surface area contributed by atoms with E-state index in [1.165, 1.54) is 6.33 Å². The van der Waals surface area contributed by atoms with E-state index in [0.29, 0.717) is 30.1 Å². The fraction of sp³-hybridized carbons (Fsp3) is 0.0769. The van der Waals surface area contributed by atoms with Gasteiger partial charge in [0.25, 0.3) is 0 Å². The zero-order valence-electron chi connectivity index (χ0n) is 18.2. The van der Waals surface area contributed by atoms with Crippen molar-refractivity contribution in [2.24, 2.45) is 0 Å². The number of carboxylic acids is 1. The van der Waals surface area contributed by atoms with Gasteiger partial charge in [0.1, 0.15) is 12.7 Å². The average Bonchev–Trinajstić information content (AvgIpc) is 3.32. The minimum absolute atomic E-state index is 0.250. The van der Waals surface area contributed by atoms with Crippen molar-refractivity contribution in [3.8, 4) is 5.69 Å². The van der Waals surface area contributed by atoms with Gasteiger partial charge in [-0.3, -0.25) is 4.57 Å². The fourth-order valence-corrected chi connectivity index (χ4v) is 3.72. The summed E-state index contributed by atoms with van der Waals surface area (Å²) in [5, 5.41) is 15.8. The molecular weight excluding hydrogens is 428 g/mol. The van der Waals surface area contributed by atoms with E-state index in [4.69, 9.17) is 0 Å². The number of aromatic nitrogens is 4. The highest BCUT2D eigenvalue weighted by Gasteiger charge is 2.12. The standard InChI is InChI=1S/C26H22N6O2/c33-26(34)20-9-5-10-21(13-20)27-15-19-8-4-11-22(12-19)32-17-31-23-24(29-16-30-25(23)32)28-14-18-6-2-1-3-7-18/h1-13,16-17,27H,14-15H2,(H,33,34)(H,28,29,30). The van der Waals surface area contributed by atoms with Crippen molar-refractivity contribution in [3.05, 3.63) is 108 Å². The van der Waals surface area contributed by atoms with Gasteiger partial charge < -0.3 is 15.7 Å². The number of anilines is 2. The van der Waals surface area contributed by atoms with Crippen LogP contribution in [0.4, 0.5) is 11.5 Å². The van der Waals surface area contributed by atoms with Gasteiger partial charge in [0.15, 0.2) is 17.0 Å². The number of fused-ring (bicyclic) bond motifs is 1. The average molecular weight is 451 g/mol. The molecule has 0 saturated heterocycles. The van der Waals surface area contributed by atoms with Gasteiger partial charge in [-0.15, -0.1) is 0 Å². The SMILES string of the molecule is O=C(O)c1cccc(NCc2cccc(-n3cnc4c(NCc5ccccc5)ncnc43)c2)c1. The summed E-state index contributed by atoms with van der Waals surface area (Å²) in [4.78, 5) is 24.6. The van der Waals surface area contributed by atoms with E-state index in [0.717, 1.165) is 22.5 Å². The lowest BCUT2D eigenvalue weighted by Crippen LogP contribution is -2.04. The van der Waals surface area contributed by atoms with Crippen molar-refractivity contribution in [3.63, 3.8) is 0 Å². The molecule has 168 valence electrons.